The number of hydrogen-bond acceptors (Lipinski definition) is 3. The molecule has 0 saturated heterocycles. The van der Waals surface area contributed by atoms with Crippen LogP contribution in [0.4, 0.5) is 4.39 Å². The molecule has 5 nitrogen and oxygen atoms in total. The van der Waals surface area contributed by atoms with E-state index in [1.54, 1.807) is 12.1 Å². The number of amides is 2. The Hall–Kier alpha value is -1.66. The summed E-state index contributed by atoms with van der Waals surface area (Å²) in [5, 5.41) is 2.63. The van der Waals surface area contributed by atoms with Gasteiger partial charge in [0.05, 0.1) is 12.6 Å². The molecule has 0 heterocycles. The van der Waals surface area contributed by atoms with E-state index in [0.29, 0.717) is 13.0 Å². The lowest BCUT2D eigenvalue weighted by molar-refractivity contribution is -0.133. The monoisotopic (exact) mass is 371 g/mol. The van der Waals surface area contributed by atoms with E-state index in [0.717, 1.165) is 18.4 Å². The fourth-order valence-corrected chi connectivity index (χ4v) is 2.48. The van der Waals surface area contributed by atoms with E-state index in [1.807, 2.05) is 18.7 Å². The van der Waals surface area contributed by atoms with E-state index in [1.165, 1.54) is 12.1 Å². The molecule has 1 aromatic rings. The highest BCUT2D eigenvalue weighted by atomic mass is 35.5. The first kappa shape index (κ1) is 21.4. The Morgan fingerprint density at radius 3 is 2.40 bits per heavy atom. The lowest BCUT2D eigenvalue weighted by Crippen LogP contribution is -2.48. The molecule has 7 heteroatoms. The topological polar surface area (TPSA) is 75.4 Å². The van der Waals surface area contributed by atoms with Gasteiger partial charge in [-0.05, 0) is 42.9 Å². The highest BCUT2D eigenvalue weighted by molar-refractivity contribution is 5.87. The largest absolute Gasteiger partial charge is 0.346 e. The number of rotatable bonds is 8. The quantitative estimate of drug-likeness (QED) is 0.732. The molecule has 1 aliphatic carbocycles. The van der Waals surface area contributed by atoms with Crippen LogP contribution < -0.4 is 11.1 Å². The summed E-state index contributed by atoms with van der Waals surface area (Å²) in [7, 11) is 0. The zero-order valence-electron chi connectivity index (χ0n) is 14.7. The average molecular weight is 372 g/mol. The van der Waals surface area contributed by atoms with Gasteiger partial charge in [0.25, 0.3) is 0 Å². The number of halogens is 2. The smallest absolute Gasteiger partial charge is 0.242 e. The Morgan fingerprint density at radius 1 is 1.28 bits per heavy atom. The summed E-state index contributed by atoms with van der Waals surface area (Å²) in [6.45, 7) is 4.27. The summed E-state index contributed by atoms with van der Waals surface area (Å²) >= 11 is 0. The normalized spacial score (nSPS) is 14.6. The van der Waals surface area contributed by atoms with Crippen LogP contribution in [0, 0.1) is 11.7 Å². The minimum atomic E-state index is -0.605. The predicted molar refractivity (Wildman–Crippen MR) is 97.9 cm³/mol. The summed E-state index contributed by atoms with van der Waals surface area (Å²) in [5.74, 6) is -0.632. The zero-order valence-corrected chi connectivity index (χ0v) is 15.5. The number of hydrogen-bond donors (Lipinski definition) is 2. The Morgan fingerprint density at radius 2 is 1.88 bits per heavy atom. The van der Waals surface area contributed by atoms with Crippen molar-refractivity contribution in [2.75, 3.05) is 13.1 Å². The molecule has 25 heavy (non-hydrogen) atoms. The maximum Gasteiger partial charge on any atom is 0.242 e. The van der Waals surface area contributed by atoms with Crippen LogP contribution in [-0.2, 0) is 16.0 Å². The molecule has 0 spiro atoms. The molecule has 0 bridgehead atoms. The van der Waals surface area contributed by atoms with Crippen LogP contribution in [0.2, 0.25) is 0 Å². The van der Waals surface area contributed by atoms with Crippen molar-refractivity contribution in [2.45, 2.75) is 45.2 Å². The van der Waals surface area contributed by atoms with E-state index >= 15 is 0 Å². The Bertz CT molecular complexity index is 576. The minimum Gasteiger partial charge on any atom is -0.346 e. The van der Waals surface area contributed by atoms with Gasteiger partial charge in [-0.2, -0.15) is 0 Å². The van der Waals surface area contributed by atoms with E-state index < -0.39 is 6.04 Å². The second kappa shape index (κ2) is 9.73. The van der Waals surface area contributed by atoms with Crippen LogP contribution in [0.5, 0.6) is 0 Å². The van der Waals surface area contributed by atoms with Crippen molar-refractivity contribution in [3.05, 3.63) is 35.6 Å². The van der Waals surface area contributed by atoms with Crippen LogP contribution in [0.15, 0.2) is 24.3 Å². The molecule has 1 aromatic carbocycles. The van der Waals surface area contributed by atoms with Gasteiger partial charge in [-0.3, -0.25) is 9.59 Å². The number of nitrogens with zero attached hydrogens (tertiary/aromatic N) is 1. The molecule has 1 saturated carbocycles. The van der Waals surface area contributed by atoms with Crippen LogP contribution >= 0.6 is 12.4 Å². The van der Waals surface area contributed by atoms with E-state index in [2.05, 4.69) is 5.32 Å². The molecule has 1 fully saturated rings. The Balaban J connectivity index is 0.00000312. The molecule has 140 valence electrons. The van der Waals surface area contributed by atoms with Crippen LogP contribution in [0.1, 0.15) is 32.3 Å². The fraction of sp³-hybridized carbons (Fsp3) is 0.556. The molecule has 1 aliphatic rings. The first-order valence-electron chi connectivity index (χ1n) is 8.45. The maximum absolute atomic E-state index is 12.9. The molecule has 1 atom stereocenters. The number of nitrogens with two attached hydrogens (primary N) is 1. The van der Waals surface area contributed by atoms with E-state index in [-0.39, 0.29) is 48.5 Å². The second-order valence-corrected chi connectivity index (χ2v) is 6.68. The van der Waals surface area contributed by atoms with Gasteiger partial charge in [0.1, 0.15) is 5.82 Å². The summed E-state index contributed by atoms with van der Waals surface area (Å²) in [6, 6.07) is 5.96. The fourth-order valence-electron chi connectivity index (χ4n) is 2.48. The molecule has 0 aromatic heterocycles. The van der Waals surface area contributed by atoms with Crippen molar-refractivity contribution in [1.29, 1.82) is 0 Å². The lowest BCUT2D eigenvalue weighted by atomic mass is 10.1. The molecular formula is C18H27ClFN3O2. The van der Waals surface area contributed by atoms with Crippen LogP contribution in [0.25, 0.3) is 0 Å². The number of nitrogens with one attached hydrogen (secondary N) is 1. The van der Waals surface area contributed by atoms with Crippen molar-refractivity contribution in [2.24, 2.45) is 11.7 Å². The number of benzene rings is 1. The number of carbonyl (C=O) groups excluding carboxylic acids is 2. The van der Waals surface area contributed by atoms with Gasteiger partial charge in [0.2, 0.25) is 11.8 Å². The summed E-state index contributed by atoms with van der Waals surface area (Å²) in [5.41, 5.74) is 6.76. The molecular weight excluding hydrogens is 345 g/mol. The van der Waals surface area contributed by atoms with Gasteiger partial charge in [-0.25, -0.2) is 4.39 Å². The SMILES string of the molecule is CC(C)[C@H](N)C(=O)NCC(=O)N(CCc1ccc(F)cc1)C1CC1.Cl. The van der Waals surface area contributed by atoms with Gasteiger partial charge in [0.15, 0.2) is 0 Å². The zero-order chi connectivity index (χ0) is 17.7. The van der Waals surface area contributed by atoms with Gasteiger partial charge in [0, 0.05) is 12.6 Å². The third kappa shape index (κ3) is 6.63. The second-order valence-electron chi connectivity index (χ2n) is 6.68. The highest BCUT2D eigenvalue weighted by Crippen LogP contribution is 2.27. The van der Waals surface area contributed by atoms with Crippen molar-refractivity contribution < 1.29 is 14.0 Å². The van der Waals surface area contributed by atoms with Crippen molar-refractivity contribution in [1.82, 2.24) is 10.2 Å². The van der Waals surface area contributed by atoms with Gasteiger partial charge in [-0.15, -0.1) is 12.4 Å². The van der Waals surface area contributed by atoms with Crippen molar-refractivity contribution in [3.63, 3.8) is 0 Å². The highest BCUT2D eigenvalue weighted by Gasteiger charge is 2.32. The Kier molecular flexibility index (Phi) is 8.32. The van der Waals surface area contributed by atoms with Crippen molar-refractivity contribution >= 4 is 24.2 Å². The van der Waals surface area contributed by atoms with E-state index in [9.17, 15) is 14.0 Å². The molecule has 0 aliphatic heterocycles. The maximum atomic E-state index is 12.9. The minimum absolute atomic E-state index is 0. The molecule has 0 unspecified atom stereocenters. The molecule has 0 radical (unpaired) electrons. The van der Waals surface area contributed by atoms with Crippen LogP contribution in [-0.4, -0.2) is 41.9 Å². The van der Waals surface area contributed by atoms with Gasteiger partial charge in [-0.1, -0.05) is 26.0 Å². The molecule has 3 N–H and O–H groups in total. The van der Waals surface area contributed by atoms with Gasteiger partial charge < -0.3 is 16.0 Å². The van der Waals surface area contributed by atoms with Crippen molar-refractivity contribution in [3.8, 4) is 0 Å². The summed E-state index contributed by atoms with van der Waals surface area (Å²) < 4.78 is 12.9. The van der Waals surface area contributed by atoms with E-state index in [4.69, 9.17) is 5.73 Å². The standard InChI is InChI=1S/C18H26FN3O2.ClH/c1-12(2)17(20)18(24)21-11-16(23)22(15-7-8-15)10-9-13-3-5-14(19)6-4-13;/h3-6,12,15,17H,7-11,20H2,1-2H3,(H,21,24);1H/t17-;/m0./s1. The average Bonchev–Trinajstić information content (AvgIpc) is 3.38. The molecule has 2 rings (SSSR count). The summed E-state index contributed by atoms with van der Waals surface area (Å²) in [6.07, 6.45) is 2.66. The summed E-state index contributed by atoms with van der Waals surface area (Å²) in [4.78, 5) is 26.1. The third-order valence-electron chi connectivity index (χ3n) is 4.30. The van der Waals surface area contributed by atoms with Crippen LogP contribution in [0.3, 0.4) is 0 Å². The predicted octanol–water partition coefficient (Wildman–Crippen LogP) is 1.88. The first-order chi connectivity index (χ1) is 11.4. The third-order valence-corrected chi connectivity index (χ3v) is 4.30. The Labute approximate surface area is 154 Å². The first-order valence-corrected chi connectivity index (χ1v) is 8.45. The number of carbonyl (C=O) groups is 2. The molecule has 2 amide bonds. The lowest BCUT2D eigenvalue weighted by Gasteiger charge is -2.23. The van der Waals surface area contributed by atoms with Gasteiger partial charge >= 0.3 is 0 Å².